The summed E-state index contributed by atoms with van der Waals surface area (Å²) in [4.78, 5) is 17.0. The number of hydrogen-bond acceptors (Lipinski definition) is 4. The maximum Gasteiger partial charge on any atom is 0.226 e. The molecular weight excluding hydrogens is 360 g/mol. The van der Waals surface area contributed by atoms with Crippen LogP contribution in [0.3, 0.4) is 0 Å². The van der Waals surface area contributed by atoms with Gasteiger partial charge in [0.05, 0.1) is 23.3 Å². The molecule has 1 N–H and O–H groups in total. The minimum absolute atomic E-state index is 0.00841. The van der Waals surface area contributed by atoms with Crippen LogP contribution in [0.15, 0.2) is 35.1 Å². The molecule has 122 valence electrons. The number of hydrogen-bond donors (Lipinski definition) is 1. The standard InChI is InChI=1S/C16H19BrN4O2/c1-10(13-4-3-11(17)9-18-13)20-16(22)12-6-8-23-15(12)14-5-7-19-21(14)2/h3-5,7,9-10,12,15H,6,8H2,1-2H3,(H,20,22)/t10-,12+,15+/m0/s1. The van der Waals surface area contributed by atoms with Crippen LogP contribution in [0.5, 0.6) is 0 Å². The Hall–Kier alpha value is -1.73. The second kappa shape index (κ2) is 6.80. The van der Waals surface area contributed by atoms with Gasteiger partial charge in [-0.2, -0.15) is 5.10 Å². The van der Waals surface area contributed by atoms with Crippen LogP contribution in [-0.2, 0) is 16.6 Å². The lowest BCUT2D eigenvalue weighted by atomic mass is 9.97. The first kappa shape index (κ1) is 16.1. The highest BCUT2D eigenvalue weighted by molar-refractivity contribution is 9.10. The highest BCUT2D eigenvalue weighted by atomic mass is 79.9. The minimum Gasteiger partial charge on any atom is -0.371 e. The fourth-order valence-electron chi connectivity index (χ4n) is 2.85. The van der Waals surface area contributed by atoms with Crippen LogP contribution in [0.1, 0.15) is 36.9 Å². The molecule has 7 heteroatoms. The van der Waals surface area contributed by atoms with E-state index in [1.165, 1.54) is 0 Å². The molecule has 0 bridgehead atoms. The van der Waals surface area contributed by atoms with Gasteiger partial charge < -0.3 is 10.1 Å². The number of carbonyl (C=O) groups excluding carboxylic acids is 1. The van der Waals surface area contributed by atoms with Crippen molar-refractivity contribution in [1.29, 1.82) is 0 Å². The van der Waals surface area contributed by atoms with Gasteiger partial charge in [0.25, 0.3) is 0 Å². The van der Waals surface area contributed by atoms with Crippen LogP contribution < -0.4 is 5.32 Å². The number of aromatic nitrogens is 3. The third kappa shape index (κ3) is 3.45. The van der Waals surface area contributed by atoms with Crippen molar-refractivity contribution in [2.75, 3.05) is 6.61 Å². The van der Waals surface area contributed by atoms with Crippen molar-refractivity contribution in [3.63, 3.8) is 0 Å². The number of pyridine rings is 1. The molecule has 1 saturated heterocycles. The molecule has 1 fully saturated rings. The van der Waals surface area contributed by atoms with E-state index in [-0.39, 0.29) is 24.0 Å². The van der Waals surface area contributed by atoms with E-state index in [1.54, 1.807) is 17.1 Å². The smallest absolute Gasteiger partial charge is 0.226 e. The lowest BCUT2D eigenvalue weighted by molar-refractivity contribution is -0.127. The first-order valence-corrected chi connectivity index (χ1v) is 8.37. The first-order valence-electron chi connectivity index (χ1n) is 7.57. The van der Waals surface area contributed by atoms with E-state index in [0.717, 1.165) is 15.9 Å². The predicted molar refractivity (Wildman–Crippen MR) is 88.5 cm³/mol. The normalized spacial score (nSPS) is 22.0. The van der Waals surface area contributed by atoms with E-state index >= 15 is 0 Å². The number of halogens is 1. The summed E-state index contributed by atoms with van der Waals surface area (Å²) in [5.74, 6) is -0.214. The van der Waals surface area contributed by atoms with E-state index in [4.69, 9.17) is 4.74 Å². The Bertz CT molecular complexity index is 686. The number of ether oxygens (including phenoxy) is 1. The van der Waals surface area contributed by atoms with Crippen molar-refractivity contribution in [1.82, 2.24) is 20.1 Å². The Morgan fingerprint density at radius 1 is 1.48 bits per heavy atom. The topological polar surface area (TPSA) is 69.0 Å². The Labute approximate surface area is 143 Å². The van der Waals surface area contributed by atoms with Gasteiger partial charge in [0.2, 0.25) is 5.91 Å². The average Bonchev–Trinajstić information content (AvgIpc) is 3.15. The second-order valence-electron chi connectivity index (χ2n) is 5.70. The van der Waals surface area contributed by atoms with Crippen molar-refractivity contribution < 1.29 is 9.53 Å². The van der Waals surface area contributed by atoms with Crippen LogP contribution in [0.2, 0.25) is 0 Å². The van der Waals surface area contributed by atoms with Crippen LogP contribution in [0.4, 0.5) is 0 Å². The van der Waals surface area contributed by atoms with Gasteiger partial charge in [-0.25, -0.2) is 0 Å². The molecule has 1 aliphatic heterocycles. The fraction of sp³-hybridized carbons (Fsp3) is 0.438. The molecule has 23 heavy (non-hydrogen) atoms. The zero-order valence-corrected chi connectivity index (χ0v) is 14.7. The van der Waals surface area contributed by atoms with Crippen LogP contribution >= 0.6 is 15.9 Å². The maximum atomic E-state index is 12.7. The lowest BCUT2D eigenvalue weighted by Crippen LogP contribution is -2.34. The van der Waals surface area contributed by atoms with E-state index in [9.17, 15) is 4.79 Å². The summed E-state index contributed by atoms with van der Waals surface area (Å²) < 4.78 is 8.45. The molecule has 3 rings (SSSR count). The maximum absolute atomic E-state index is 12.7. The summed E-state index contributed by atoms with van der Waals surface area (Å²) in [6.07, 6.45) is 3.92. The molecule has 0 aromatic carbocycles. The summed E-state index contributed by atoms with van der Waals surface area (Å²) in [6.45, 7) is 2.52. The summed E-state index contributed by atoms with van der Waals surface area (Å²) in [7, 11) is 1.86. The zero-order valence-electron chi connectivity index (χ0n) is 13.1. The van der Waals surface area contributed by atoms with Crippen LogP contribution in [0.25, 0.3) is 0 Å². The van der Waals surface area contributed by atoms with E-state index in [0.29, 0.717) is 13.0 Å². The van der Waals surface area contributed by atoms with Crippen molar-refractivity contribution in [2.45, 2.75) is 25.5 Å². The number of nitrogens with one attached hydrogen (secondary N) is 1. The molecule has 6 nitrogen and oxygen atoms in total. The highest BCUT2D eigenvalue weighted by Gasteiger charge is 2.37. The van der Waals surface area contributed by atoms with Crippen molar-refractivity contribution in [3.05, 3.63) is 46.5 Å². The fourth-order valence-corrected chi connectivity index (χ4v) is 3.09. The Kier molecular flexibility index (Phi) is 4.77. The predicted octanol–water partition coefficient (Wildman–Crippen LogP) is 2.53. The molecule has 3 atom stereocenters. The average molecular weight is 379 g/mol. The van der Waals surface area contributed by atoms with Gasteiger partial charge in [-0.05, 0) is 47.5 Å². The molecule has 2 aromatic rings. The molecule has 0 radical (unpaired) electrons. The molecule has 0 spiro atoms. The first-order chi connectivity index (χ1) is 11.1. The number of carbonyl (C=O) groups is 1. The minimum atomic E-state index is -0.243. The summed E-state index contributed by atoms with van der Waals surface area (Å²) in [5, 5.41) is 7.20. The number of amides is 1. The number of rotatable bonds is 4. The molecular formula is C16H19BrN4O2. The van der Waals surface area contributed by atoms with Crippen LogP contribution in [0, 0.1) is 5.92 Å². The number of nitrogens with zero attached hydrogens (tertiary/aromatic N) is 3. The van der Waals surface area contributed by atoms with Crippen molar-refractivity contribution in [2.24, 2.45) is 13.0 Å². The molecule has 0 aliphatic carbocycles. The molecule has 3 heterocycles. The Morgan fingerprint density at radius 3 is 2.96 bits per heavy atom. The zero-order chi connectivity index (χ0) is 16.4. The van der Waals surface area contributed by atoms with Gasteiger partial charge >= 0.3 is 0 Å². The van der Waals surface area contributed by atoms with Crippen LogP contribution in [-0.4, -0.2) is 27.3 Å². The van der Waals surface area contributed by atoms with Gasteiger partial charge in [0.15, 0.2) is 0 Å². The van der Waals surface area contributed by atoms with E-state index < -0.39 is 0 Å². The highest BCUT2D eigenvalue weighted by Crippen LogP contribution is 2.34. The molecule has 0 unspecified atom stereocenters. The van der Waals surface area contributed by atoms with E-state index in [2.05, 4.69) is 31.3 Å². The summed E-state index contributed by atoms with van der Waals surface area (Å²) in [6, 6.07) is 5.57. The van der Waals surface area contributed by atoms with Gasteiger partial charge in [-0.3, -0.25) is 14.5 Å². The third-order valence-corrected chi connectivity index (χ3v) is 4.60. The lowest BCUT2D eigenvalue weighted by Gasteiger charge is -2.21. The third-order valence-electron chi connectivity index (χ3n) is 4.13. The van der Waals surface area contributed by atoms with Crippen molar-refractivity contribution >= 4 is 21.8 Å². The van der Waals surface area contributed by atoms with Gasteiger partial charge in [0.1, 0.15) is 6.10 Å². The van der Waals surface area contributed by atoms with Crippen molar-refractivity contribution in [3.8, 4) is 0 Å². The van der Waals surface area contributed by atoms with Gasteiger partial charge in [-0.1, -0.05) is 0 Å². The van der Waals surface area contributed by atoms with E-state index in [1.807, 2.05) is 32.2 Å². The quantitative estimate of drug-likeness (QED) is 0.887. The summed E-state index contributed by atoms with van der Waals surface area (Å²) in [5.41, 5.74) is 1.76. The largest absolute Gasteiger partial charge is 0.371 e. The molecule has 1 aliphatic rings. The molecule has 1 amide bonds. The molecule has 2 aromatic heterocycles. The Morgan fingerprint density at radius 2 is 2.30 bits per heavy atom. The Balaban J connectivity index is 1.69. The number of aryl methyl sites for hydroxylation is 1. The monoisotopic (exact) mass is 378 g/mol. The molecule has 0 saturated carbocycles. The SMILES string of the molecule is C[C@H](NC(=O)[C@@H]1CCO[C@H]1c1ccnn1C)c1ccc(Br)cn1. The summed E-state index contributed by atoms with van der Waals surface area (Å²) >= 11 is 3.36. The second-order valence-corrected chi connectivity index (χ2v) is 6.61. The van der Waals surface area contributed by atoms with Gasteiger partial charge in [-0.15, -0.1) is 0 Å². The van der Waals surface area contributed by atoms with Gasteiger partial charge in [0, 0.05) is 30.5 Å².